The van der Waals surface area contributed by atoms with Crippen molar-refractivity contribution < 1.29 is 28.7 Å². The minimum absolute atomic E-state index is 0.167. The van der Waals surface area contributed by atoms with Crippen LogP contribution < -0.4 is 15.0 Å². The molecule has 1 aliphatic heterocycles. The highest BCUT2D eigenvalue weighted by atomic mass is 16.6. The summed E-state index contributed by atoms with van der Waals surface area (Å²) in [5.41, 5.74) is 1.82. The van der Waals surface area contributed by atoms with Gasteiger partial charge in [-0.15, -0.1) is 0 Å². The standard InChI is InChI=1S/C23H22N2O6/c1-3-15-5-9-17(10-6-15)25-22(28)19(21(27)24-23(25)29)13-16-7-11-18(12-8-16)31-14-20(26)30-4-2/h5-13H,3-4,14H2,1-2H3,(H,24,27,29)/b19-13-. The fraction of sp³-hybridized carbons (Fsp3) is 0.217. The van der Waals surface area contributed by atoms with Gasteiger partial charge in [0.2, 0.25) is 0 Å². The summed E-state index contributed by atoms with van der Waals surface area (Å²) in [4.78, 5) is 49.8. The van der Waals surface area contributed by atoms with Crippen molar-refractivity contribution >= 4 is 35.6 Å². The van der Waals surface area contributed by atoms with Crippen molar-refractivity contribution in [2.75, 3.05) is 18.1 Å². The SMILES string of the molecule is CCOC(=O)COc1ccc(/C=C2/C(=O)NC(=O)N(c3ccc(CC)cc3)C2=O)cc1. The van der Waals surface area contributed by atoms with Gasteiger partial charge in [0.05, 0.1) is 12.3 Å². The van der Waals surface area contributed by atoms with E-state index in [2.05, 4.69) is 5.32 Å². The van der Waals surface area contributed by atoms with E-state index in [4.69, 9.17) is 9.47 Å². The molecule has 0 aliphatic carbocycles. The van der Waals surface area contributed by atoms with Gasteiger partial charge in [-0.2, -0.15) is 0 Å². The molecule has 31 heavy (non-hydrogen) atoms. The fourth-order valence-corrected chi connectivity index (χ4v) is 2.94. The molecule has 0 radical (unpaired) electrons. The first-order valence-electron chi connectivity index (χ1n) is 9.81. The third-order valence-electron chi connectivity index (χ3n) is 4.56. The molecule has 1 aliphatic rings. The number of nitrogens with zero attached hydrogens (tertiary/aromatic N) is 1. The van der Waals surface area contributed by atoms with Gasteiger partial charge in [0.1, 0.15) is 11.3 Å². The van der Waals surface area contributed by atoms with Gasteiger partial charge in [0.15, 0.2) is 6.61 Å². The van der Waals surface area contributed by atoms with Gasteiger partial charge in [0.25, 0.3) is 11.8 Å². The molecule has 160 valence electrons. The fourth-order valence-electron chi connectivity index (χ4n) is 2.94. The van der Waals surface area contributed by atoms with Gasteiger partial charge in [0, 0.05) is 0 Å². The Balaban J connectivity index is 1.78. The first kappa shape index (κ1) is 21.8. The Labute approximate surface area is 179 Å². The average molecular weight is 422 g/mol. The van der Waals surface area contributed by atoms with Crippen LogP contribution >= 0.6 is 0 Å². The molecule has 3 rings (SSSR count). The second-order valence-corrected chi connectivity index (χ2v) is 6.64. The predicted octanol–water partition coefficient (Wildman–Crippen LogP) is 2.86. The summed E-state index contributed by atoms with van der Waals surface area (Å²) in [7, 11) is 0. The molecule has 1 N–H and O–H groups in total. The number of anilines is 1. The highest BCUT2D eigenvalue weighted by molar-refractivity contribution is 6.39. The molecule has 8 heteroatoms. The maximum absolute atomic E-state index is 12.9. The molecule has 4 amide bonds. The van der Waals surface area contributed by atoms with E-state index in [1.165, 1.54) is 6.08 Å². The van der Waals surface area contributed by atoms with Crippen LogP contribution in [0.3, 0.4) is 0 Å². The second kappa shape index (κ2) is 9.71. The highest BCUT2D eigenvalue weighted by Crippen LogP contribution is 2.23. The Bertz CT molecular complexity index is 1030. The van der Waals surface area contributed by atoms with Crippen LogP contribution in [0.25, 0.3) is 6.08 Å². The molecule has 0 saturated carbocycles. The highest BCUT2D eigenvalue weighted by Gasteiger charge is 2.36. The van der Waals surface area contributed by atoms with Crippen LogP contribution in [0.5, 0.6) is 5.75 Å². The number of rotatable bonds is 7. The minimum atomic E-state index is -0.792. The monoisotopic (exact) mass is 422 g/mol. The lowest BCUT2D eigenvalue weighted by Gasteiger charge is -2.26. The van der Waals surface area contributed by atoms with E-state index in [1.807, 2.05) is 19.1 Å². The van der Waals surface area contributed by atoms with Crippen LogP contribution in [-0.4, -0.2) is 37.0 Å². The quantitative estimate of drug-likeness (QED) is 0.418. The Morgan fingerprint density at radius 1 is 1.00 bits per heavy atom. The Kier molecular flexibility index (Phi) is 6.81. The molecule has 1 saturated heterocycles. The normalized spacial score (nSPS) is 15.1. The maximum Gasteiger partial charge on any atom is 0.344 e. The molecule has 0 aromatic heterocycles. The second-order valence-electron chi connectivity index (χ2n) is 6.64. The molecule has 0 atom stereocenters. The van der Waals surface area contributed by atoms with E-state index < -0.39 is 23.8 Å². The van der Waals surface area contributed by atoms with E-state index in [9.17, 15) is 19.2 Å². The number of nitrogens with one attached hydrogen (secondary N) is 1. The number of carbonyl (C=O) groups excluding carboxylic acids is 4. The molecule has 0 bridgehead atoms. The van der Waals surface area contributed by atoms with Crippen LogP contribution in [0, 0.1) is 0 Å². The number of aryl methyl sites for hydroxylation is 1. The van der Waals surface area contributed by atoms with Crippen LogP contribution in [-0.2, 0) is 25.5 Å². The topological polar surface area (TPSA) is 102 Å². The Hall–Kier alpha value is -3.94. The predicted molar refractivity (Wildman–Crippen MR) is 113 cm³/mol. The number of benzene rings is 2. The van der Waals surface area contributed by atoms with Gasteiger partial charge in [-0.1, -0.05) is 31.2 Å². The molecule has 1 fully saturated rings. The molecule has 0 unspecified atom stereocenters. The van der Waals surface area contributed by atoms with Gasteiger partial charge >= 0.3 is 12.0 Å². The van der Waals surface area contributed by atoms with E-state index in [0.29, 0.717) is 17.0 Å². The van der Waals surface area contributed by atoms with E-state index in [0.717, 1.165) is 16.9 Å². The number of carbonyl (C=O) groups is 4. The third kappa shape index (κ3) is 5.16. The zero-order valence-corrected chi connectivity index (χ0v) is 17.2. The zero-order valence-electron chi connectivity index (χ0n) is 17.2. The van der Waals surface area contributed by atoms with Gasteiger partial charge in [-0.3, -0.25) is 14.9 Å². The van der Waals surface area contributed by atoms with E-state index in [-0.39, 0.29) is 18.8 Å². The molecule has 2 aromatic rings. The molecular weight excluding hydrogens is 400 g/mol. The molecule has 8 nitrogen and oxygen atoms in total. The van der Waals surface area contributed by atoms with Crippen LogP contribution in [0.2, 0.25) is 0 Å². The lowest BCUT2D eigenvalue weighted by Crippen LogP contribution is -2.54. The largest absolute Gasteiger partial charge is 0.482 e. The summed E-state index contributed by atoms with van der Waals surface area (Å²) >= 11 is 0. The van der Waals surface area contributed by atoms with E-state index >= 15 is 0 Å². The number of ether oxygens (including phenoxy) is 2. The molecule has 0 spiro atoms. The number of amides is 4. The number of imide groups is 2. The summed E-state index contributed by atoms with van der Waals surface area (Å²) in [6.07, 6.45) is 2.22. The minimum Gasteiger partial charge on any atom is -0.482 e. The molecule has 2 aromatic carbocycles. The number of esters is 1. The van der Waals surface area contributed by atoms with Crippen LogP contribution in [0.1, 0.15) is 25.0 Å². The van der Waals surface area contributed by atoms with Crippen molar-refractivity contribution in [3.63, 3.8) is 0 Å². The summed E-state index contributed by atoms with van der Waals surface area (Å²) in [6.45, 7) is 3.76. The summed E-state index contributed by atoms with van der Waals surface area (Å²) in [5.74, 6) is -1.52. The van der Waals surface area contributed by atoms with Crippen LogP contribution in [0.4, 0.5) is 10.5 Å². The average Bonchev–Trinajstić information content (AvgIpc) is 2.76. The zero-order chi connectivity index (χ0) is 22.4. The van der Waals surface area contributed by atoms with Crippen molar-refractivity contribution in [1.82, 2.24) is 5.32 Å². The number of barbiturate groups is 1. The lowest BCUT2D eigenvalue weighted by atomic mass is 10.1. The van der Waals surface area contributed by atoms with Crippen molar-refractivity contribution in [3.05, 3.63) is 65.2 Å². The third-order valence-corrected chi connectivity index (χ3v) is 4.56. The molecule has 1 heterocycles. The summed E-state index contributed by atoms with van der Waals surface area (Å²) < 4.78 is 10.1. The van der Waals surface area contributed by atoms with E-state index in [1.54, 1.807) is 43.3 Å². The van der Waals surface area contributed by atoms with Gasteiger partial charge in [-0.25, -0.2) is 14.5 Å². The molecular formula is C23H22N2O6. The van der Waals surface area contributed by atoms with Gasteiger partial charge in [-0.05, 0) is 54.8 Å². The Morgan fingerprint density at radius 2 is 1.68 bits per heavy atom. The number of urea groups is 1. The maximum atomic E-state index is 12.9. The first-order chi connectivity index (χ1) is 14.9. The smallest absolute Gasteiger partial charge is 0.344 e. The summed E-state index contributed by atoms with van der Waals surface area (Å²) in [5, 5.41) is 2.20. The first-order valence-corrected chi connectivity index (χ1v) is 9.81. The van der Waals surface area contributed by atoms with Crippen molar-refractivity contribution in [1.29, 1.82) is 0 Å². The number of hydrogen-bond acceptors (Lipinski definition) is 6. The van der Waals surface area contributed by atoms with Crippen molar-refractivity contribution in [2.24, 2.45) is 0 Å². The summed E-state index contributed by atoms with van der Waals surface area (Å²) in [6, 6.07) is 12.6. The van der Waals surface area contributed by atoms with Crippen molar-refractivity contribution in [3.8, 4) is 5.75 Å². The lowest BCUT2D eigenvalue weighted by molar-refractivity contribution is -0.145. The van der Waals surface area contributed by atoms with Crippen LogP contribution in [0.15, 0.2) is 54.1 Å². The van der Waals surface area contributed by atoms with Gasteiger partial charge < -0.3 is 9.47 Å². The number of hydrogen-bond donors (Lipinski definition) is 1. The van der Waals surface area contributed by atoms with Crippen molar-refractivity contribution in [2.45, 2.75) is 20.3 Å². The Morgan fingerprint density at radius 3 is 2.29 bits per heavy atom.